The maximum absolute atomic E-state index is 11.2. The highest BCUT2D eigenvalue weighted by Crippen LogP contribution is 2.18. The Morgan fingerprint density at radius 2 is 2.25 bits per heavy atom. The van der Waals surface area contributed by atoms with Crippen LogP contribution in [0.3, 0.4) is 0 Å². The molecule has 0 aromatic carbocycles. The Balaban J connectivity index is 2.26. The highest BCUT2D eigenvalue weighted by Gasteiger charge is 2.32. The maximum Gasteiger partial charge on any atom is 0.397 e. The molecule has 1 fully saturated rings. The molecule has 4 heteroatoms. The first-order chi connectivity index (χ1) is 5.79. The molecule has 0 aromatic heterocycles. The summed E-state index contributed by atoms with van der Waals surface area (Å²) in [5.41, 5.74) is 0.839. The van der Waals surface area contributed by atoms with Crippen LogP contribution in [0.4, 0.5) is 0 Å². The number of hydrogen-bond donors (Lipinski definition) is 0. The fraction of sp³-hybridized carbons (Fsp3) is 0.500. The molecule has 0 bridgehead atoms. The lowest BCUT2D eigenvalue weighted by Gasteiger charge is -2.31. The molecule has 2 aliphatic heterocycles. The van der Waals surface area contributed by atoms with Crippen LogP contribution in [0, 0.1) is 0 Å². The van der Waals surface area contributed by atoms with E-state index in [2.05, 4.69) is 4.74 Å². The van der Waals surface area contributed by atoms with Crippen LogP contribution in [0.5, 0.6) is 0 Å². The summed E-state index contributed by atoms with van der Waals surface area (Å²) in [6.45, 7) is 0.907. The number of morpholine rings is 1. The Hall–Kier alpha value is -1.32. The number of carbonyl (C=O) groups is 2. The normalized spacial score (nSPS) is 23.0. The van der Waals surface area contributed by atoms with Crippen molar-refractivity contribution in [3.63, 3.8) is 0 Å². The molecule has 4 nitrogen and oxygen atoms in total. The molecule has 12 heavy (non-hydrogen) atoms. The molecule has 0 aromatic rings. The molecule has 0 radical (unpaired) electrons. The predicted octanol–water partition coefficient (Wildman–Crippen LogP) is 0.0495. The van der Waals surface area contributed by atoms with E-state index in [1.807, 2.05) is 6.08 Å². The summed E-state index contributed by atoms with van der Waals surface area (Å²) in [5.74, 6) is -1.25. The SMILES string of the molecule is O=C1OCC2=CCCCN2C1=O. The minimum atomic E-state index is -0.728. The number of hydrogen-bond acceptors (Lipinski definition) is 3. The molecule has 2 heterocycles. The van der Waals surface area contributed by atoms with Crippen molar-refractivity contribution in [2.75, 3.05) is 13.2 Å². The minimum Gasteiger partial charge on any atom is -0.452 e. The van der Waals surface area contributed by atoms with Gasteiger partial charge < -0.3 is 9.64 Å². The zero-order valence-corrected chi connectivity index (χ0v) is 6.58. The number of ether oxygens (including phenoxy) is 1. The zero-order chi connectivity index (χ0) is 8.55. The second-order valence-corrected chi connectivity index (χ2v) is 2.87. The third-order valence-electron chi connectivity index (χ3n) is 2.08. The van der Waals surface area contributed by atoms with Gasteiger partial charge in [0, 0.05) is 6.54 Å². The maximum atomic E-state index is 11.2. The standard InChI is InChI=1S/C8H9NO3/c10-7-8(11)12-5-6-3-1-2-4-9(6)7/h3H,1-2,4-5H2. The first-order valence-corrected chi connectivity index (χ1v) is 3.96. The van der Waals surface area contributed by atoms with E-state index in [0.717, 1.165) is 18.5 Å². The van der Waals surface area contributed by atoms with E-state index in [4.69, 9.17) is 0 Å². The summed E-state index contributed by atoms with van der Waals surface area (Å²) < 4.78 is 4.66. The van der Waals surface area contributed by atoms with Gasteiger partial charge in [-0.05, 0) is 12.8 Å². The van der Waals surface area contributed by atoms with Crippen molar-refractivity contribution in [1.82, 2.24) is 4.90 Å². The monoisotopic (exact) mass is 167 g/mol. The van der Waals surface area contributed by atoms with E-state index in [-0.39, 0.29) is 6.61 Å². The second-order valence-electron chi connectivity index (χ2n) is 2.87. The number of carbonyl (C=O) groups excluding carboxylic acids is 2. The fourth-order valence-electron chi connectivity index (χ4n) is 1.45. The van der Waals surface area contributed by atoms with Crippen LogP contribution in [0.1, 0.15) is 12.8 Å². The summed E-state index contributed by atoms with van der Waals surface area (Å²) in [4.78, 5) is 23.5. The van der Waals surface area contributed by atoms with Crippen LogP contribution in [0.25, 0.3) is 0 Å². The van der Waals surface area contributed by atoms with Gasteiger partial charge in [0.1, 0.15) is 6.61 Å². The number of allylic oxidation sites excluding steroid dienone is 1. The Bertz CT molecular complexity index is 269. The molecule has 0 aliphatic carbocycles. The minimum absolute atomic E-state index is 0.255. The topological polar surface area (TPSA) is 46.6 Å². The number of amides is 1. The van der Waals surface area contributed by atoms with Gasteiger partial charge >= 0.3 is 11.9 Å². The van der Waals surface area contributed by atoms with Crippen LogP contribution >= 0.6 is 0 Å². The van der Waals surface area contributed by atoms with Gasteiger partial charge in [0.05, 0.1) is 5.70 Å². The number of cyclic esters (lactones) is 1. The van der Waals surface area contributed by atoms with Crippen LogP contribution in [-0.4, -0.2) is 29.9 Å². The lowest BCUT2D eigenvalue weighted by Crippen LogP contribution is -2.45. The van der Waals surface area contributed by atoms with Gasteiger partial charge in [0.25, 0.3) is 0 Å². The molecule has 1 saturated heterocycles. The third kappa shape index (κ3) is 0.995. The molecular weight excluding hydrogens is 158 g/mol. The molecule has 0 atom stereocenters. The summed E-state index contributed by atoms with van der Waals surface area (Å²) in [5, 5.41) is 0. The fourth-order valence-corrected chi connectivity index (χ4v) is 1.45. The third-order valence-corrected chi connectivity index (χ3v) is 2.08. The second kappa shape index (κ2) is 2.62. The van der Waals surface area contributed by atoms with E-state index < -0.39 is 11.9 Å². The Kier molecular flexibility index (Phi) is 1.60. The van der Waals surface area contributed by atoms with E-state index in [1.165, 1.54) is 4.90 Å². The first kappa shape index (κ1) is 7.34. The molecule has 0 unspecified atom stereocenters. The molecule has 64 valence electrons. The summed E-state index contributed by atoms with van der Waals surface area (Å²) in [6.07, 6.45) is 3.85. The van der Waals surface area contributed by atoms with Gasteiger partial charge in [0.15, 0.2) is 0 Å². The molecular formula is C8H9NO3. The largest absolute Gasteiger partial charge is 0.452 e. The quantitative estimate of drug-likeness (QED) is 0.378. The summed E-state index contributed by atoms with van der Waals surface area (Å²) >= 11 is 0. The Morgan fingerprint density at radius 1 is 1.42 bits per heavy atom. The van der Waals surface area contributed by atoms with Crippen LogP contribution < -0.4 is 0 Å². The molecule has 0 saturated carbocycles. The van der Waals surface area contributed by atoms with Crippen LogP contribution in [-0.2, 0) is 14.3 Å². The first-order valence-electron chi connectivity index (χ1n) is 3.96. The molecule has 0 spiro atoms. The van der Waals surface area contributed by atoms with Gasteiger partial charge in [-0.25, -0.2) is 4.79 Å². The van der Waals surface area contributed by atoms with Crippen molar-refractivity contribution >= 4 is 11.9 Å². The van der Waals surface area contributed by atoms with Crippen molar-refractivity contribution in [3.8, 4) is 0 Å². The van der Waals surface area contributed by atoms with E-state index in [9.17, 15) is 9.59 Å². The Morgan fingerprint density at radius 3 is 3.08 bits per heavy atom. The van der Waals surface area contributed by atoms with Gasteiger partial charge in [-0.2, -0.15) is 0 Å². The van der Waals surface area contributed by atoms with Crippen LogP contribution in [0.2, 0.25) is 0 Å². The smallest absolute Gasteiger partial charge is 0.397 e. The number of esters is 1. The predicted molar refractivity (Wildman–Crippen MR) is 40.0 cm³/mol. The van der Waals surface area contributed by atoms with Crippen molar-refractivity contribution in [2.45, 2.75) is 12.8 Å². The highest BCUT2D eigenvalue weighted by atomic mass is 16.5. The van der Waals surface area contributed by atoms with Crippen molar-refractivity contribution in [2.24, 2.45) is 0 Å². The Labute approximate surface area is 69.8 Å². The number of nitrogens with zero attached hydrogens (tertiary/aromatic N) is 1. The van der Waals surface area contributed by atoms with E-state index in [1.54, 1.807) is 0 Å². The highest BCUT2D eigenvalue weighted by molar-refractivity contribution is 6.33. The van der Waals surface area contributed by atoms with Crippen LogP contribution in [0.15, 0.2) is 11.8 Å². The van der Waals surface area contributed by atoms with Gasteiger partial charge in [0.2, 0.25) is 0 Å². The number of fused-ring (bicyclic) bond motifs is 1. The molecule has 1 amide bonds. The summed E-state index contributed by atoms with van der Waals surface area (Å²) in [6, 6.07) is 0. The molecule has 2 aliphatic rings. The lowest BCUT2D eigenvalue weighted by atomic mass is 10.1. The average Bonchev–Trinajstić information content (AvgIpc) is 2.12. The van der Waals surface area contributed by atoms with Crippen molar-refractivity contribution in [1.29, 1.82) is 0 Å². The van der Waals surface area contributed by atoms with Gasteiger partial charge in [-0.3, -0.25) is 4.79 Å². The molecule has 2 rings (SSSR count). The molecule has 0 N–H and O–H groups in total. The van der Waals surface area contributed by atoms with Gasteiger partial charge in [-0.1, -0.05) is 6.08 Å². The lowest BCUT2D eigenvalue weighted by molar-refractivity contribution is -0.163. The number of rotatable bonds is 0. The van der Waals surface area contributed by atoms with E-state index in [0.29, 0.717) is 6.54 Å². The van der Waals surface area contributed by atoms with Gasteiger partial charge in [-0.15, -0.1) is 0 Å². The summed E-state index contributed by atoms with van der Waals surface area (Å²) in [7, 11) is 0. The van der Waals surface area contributed by atoms with E-state index >= 15 is 0 Å². The van der Waals surface area contributed by atoms with Crippen molar-refractivity contribution in [3.05, 3.63) is 11.8 Å². The zero-order valence-electron chi connectivity index (χ0n) is 6.58. The average molecular weight is 167 g/mol. The van der Waals surface area contributed by atoms with Crippen molar-refractivity contribution < 1.29 is 14.3 Å².